The maximum atomic E-state index is 13.0. The molecular formula is C22H25N5O3S. The molecule has 0 amide bonds. The van der Waals surface area contributed by atoms with E-state index in [-0.39, 0.29) is 17.0 Å². The quantitative estimate of drug-likeness (QED) is 0.461. The number of hydrogen-bond acceptors (Lipinski definition) is 5. The second kappa shape index (κ2) is 7.90. The van der Waals surface area contributed by atoms with Crippen molar-refractivity contribution in [1.29, 1.82) is 0 Å². The highest BCUT2D eigenvalue weighted by Crippen LogP contribution is 2.23. The number of benzene rings is 2. The molecule has 2 aromatic carbocycles. The summed E-state index contributed by atoms with van der Waals surface area (Å²) in [6.07, 6.45) is 2.43. The Morgan fingerprint density at radius 2 is 1.90 bits per heavy atom. The predicted molar refractivity (Wildman–Crippen MR) is 121 cm³/mol. The second-order valence-corrected chi connectivity index (χ2v) is 9.92. The Bertz CT molecular complexity index is 1450. The average molecular weight is 440 g/mol. The molecule has 0 saturated carbocycles. The molecule has 0 aliphatic rings. The number of rotatable bonds is 6. The van der Waals surface area contributed by atoms with Gasteiger partial charge >= 0.3 is 0 Å². The Balaban J connectivity index is 1.84. The summed E-state index contributed by atoms with van der Waals surface area (Å²) in [6.45, 7) is 4.95. The Labute approximate surface area is 180 Å². The number of hydrogen-bond donors (Lipinski definition) is 0. The maximum Gasteiger partial charge on any atom is 0.261 e. The van der Waals surface area contributed by atoms with Crippen molar-refractivity contribution in [3.05, 3.63) is 64.5 Å². The first-order valence-corrected chi connectivity index (χ1v) is 11.5. The molecule has 8 nitrogen and oxygen atoms in total. The number of fused-ring (bicyclic) bond motifs is 2. The van der Waals surface area contributed by atoms with Gasteiger partial charge in [-0.2, -0.15) is 0 Å². The molecule has 0 N–H and O–H groups in total. The van der Waals surface area contributed by atoms with Crippen molar-refractivity contribution in [2.45, 2.75) is 38.3 Å². The van der Waals surface area contributed by atoms with Gasteiger partial charge in [0, 0.05) is 20.6 Å². The van der Waals surface area contributed by atoms with Crippen LogP contribution in [0.2, 0.25) is 0 Å². The highest BCUT2D eigenvalue weighted by Gasteiger charge is 2.20. The zero-order chi connectivity index (χ0) is 22.3. The lowest BCUT2D eigenvalue weighted by molar-refractivity contribution is 0.521. The van der Waals surface area contributed by atoms with Crippen LogP contribution in [0.15, 0.2) is 52.4 Å². The monoisotopic (exact) mass is 439 g/mol. The first-order chi connectivity index (χ1) is 14.7. The van der Waals surface area contributed by atoms with E-state index in [1.807, 2.05) is 23.6 Å². The third-order valence-electron chi connectivity index (χ3n) is 5.39. The van der Waals surface area contributed by atoms with Gasteiger partial charge in [0.2, 0.25) is 10.0 Å². The molecule has 0 radical (unpaired) electrons. The van der Waals surface area contributed by atoms with E-state index in [0.29, 0.717) is 28.8 Å². The zero-order valence-corrected chi connectivity index (χ0v) is 18.8. The standard InChI is InChI=1S/C22H25N5O3S/c1-5-11-27-19-10-9-16(31(29,30)25(3)4)12-18(19)24-20(27)13-26-14-23-21-15(2)7-6-8-17(21)22(26)28/h6-10,12,14H,5,11,13H2,1-4H3. The van der Waals surface area contributed by atoms with Gasteiger partial charge < -0.3 is 4.57 Å². The van der Waals surface area contributed by atoms with Gasteiger partial charge in [0.25, 0.3) is 5.56 Å². The van der Waals surface area contributed by atoms with Gasteiger partial charge in [-0.25, -0.2) is 22.7 Å². The summed E-state index contributed by atoms with van der Waals surface area (Å²) in [6, 6.07) is 10.5. The van der Waals surface area contributed by atoms with Gasteiger partial charge in [0.05, 0.1) is 39.7 Å². The number of nitrogens with zero attached hydrogens (tertiary/aromatic N) is 5. The van der Waals surface area contributed by atoms with Crippen molar-refractivity contribution in [2.75, 3.05) is 14.1 Å². The molecule has 31 heavy (non-hydrogen) atoms. The smallest absolute Gasteiger partial charge is 0.261 e. The van der Waals surface area contributed by atoms with Gasteiger partial charge in [0.1, 0.15) is 5.82 Å². The van der Waals surface area contributed by atoms with Crippen LogP contribution in [0, 0.1) is 6.92 Å². The Morgan fingerprint density at radius 3 is 2.61 bits per heavy atom. The molecule has 0 bridgehead atoms. The van der Waals surface area contributed by atoms with Crippen LogP contribution in [0.3, 0.4) is 0 Å². The van der Waals surface area contributed by atoms with Crippen LogP contribution < -0.4 is 5.56 Å². The SMILES string of the molecule is CCCn1c(Cn2cnc3c(C)cccc3c2=O)nc2cc(S(=O)(=O)N(C)C)ccc21. The van der Waals surface area contributed by atoms with Crippen molar-refractivity contribution in [3.8, 4) is 0 Å². The summed E-state index contributed by atoms with van der Waals surface area (Å²) in [5.74, 6) is 0.687. The normalized spacial score (nSPS) is 12.3. The number of sulfonamides is 1. The van der Waals surface area contributed by atoms with E-state index < -0.39 is 10.0 Å². The van der Waals surface area contributed by atoms with Crippen LogP contribution in [0.4, 0.5) is 0 Å². The van der Waals surface area contributed by atoms with Crippen LogP contribution >= 0.6 is 0 Å². The molecule has 162 valence electrons. The minimum atomic E-state index is -3.56. The topological polar surface area (TPSA) is 90.1 Å². The van der Waals surface area contributed by atoms with Gasteiger partial charge in [-0.05, 0) is 43.2 Å². The molecule has 0 atom stereocenters. The van der Waals surface area contributed by atoms with Crippen LogP contribution in [0.25, 0.3) is 21.9 Å². The van der Waals surface area contributed by atoms with E-state index in [2.05, 4.69) is 11.9 Å². The van der Waals surface area contributed by atoms with Crippen LogP contribution in [-0.4, -0.2) is 45.9 Å². The van der Waals surface area contributed by atoms with E-state index in [4.69, 9.17) is 4.98 Å². The largest absolute Gasteiger partial charge is 0.326 e. The fraction of sp³-hybridized carbons (Fsp3) is 0.318. The van der Waals surface area contributed by atoms with Crippen molar-refractivity contribution in [1.82, 2.24) is 23.4 Å². The van der Waals surface area contributed by atoms with Gasteiger partial charge in [-0.1, -0.05) is 19.1 Å². The molecule has 0 saturated heterocycles. The van der Waals surface area contributed by atoms with Gasteiger partial charge in [-0.15, -0.1) is 0 Å². The lowest BCUT2D eigenvalue weighted by Crippen LogP contribution is -2.23. The van der Waals surface area contributed by atoms with E-state index in [1.165, 1.54) is 18.4 Å². The average Bonchev–Trinajstić information content (AvgIpc) is 3.07. The minimum absolute atomic E-state index is 0.125. The van der Waals surface area contributed by atoms with Crippen molar-refractivity contribution < 1.29 is 8.42 Å². The molecular weight excluding hydrogens is 414 g/mol. The first kappa shape index (κ1) is 21.2. The number of imidazole rings is 1. The van der Waals surface area contributed by atoms with Crippen molar-refractivity contribution >= 4 is 32.0 Å². The fourth-order valence-electron chi connectivity index (χ4n) is 3.73. The van der Waals surface area contributed by atoms with E-state index in [9.17, 15) is 13.2 Å². The summed E-state index contributed by atoms with van der Waals surface area (Å²) in [4.78, 5) is 22.4. The van der Waals surface area contributed by atoms with Crippen molar-refractivity contribution in [2.24, 2.45) is 0 Å². The first-order valence-electron chi connectivity index (χ1n) is 10.1. The maximum absolute atomic E-state index is 13.0. The Hall–Kier alpha value is -3.04. The molecule has 4 aromatic rings. The fourth-order valence-corrected chi connectivity index (χ4v) is 4.65. The third-order valence-corrected chi connectivity index (χ3v) is 7.20. The molecule has 0 fully saturated rings. The predicted octanol–water partition coefficient (Wildman–Crippen LogP) is 2.76. The Morgan fingerprint density at radius 1 is 1.13 bits per heavy atom. The highest BCUT2D eigenvalue weighted by molar-refractivity contribution is 7.89. The molecule has 0 spiro atoms. The minimum Gasteiger partial charge on any atom is -0.326 e. The molecule has 0 aliphatic heterocycles. The highest BCUT2D eigenvalue weighted by atomic mass is 32.2. The van der Waals surface area contributed by atoms with E-state index >= 15 is 0 Å². The summed E-state index contributed by atoms with van der Waals surface area (Å²) >= 11 is 0. The van der Waals surface area contributed by atoms with Gasteiger partial charge in [0.15, 0.2) is 0 Å². The second-order valence-electron chi connectivity index (χ2n) is 7.77. The van der Waals surface area contributed by atoms with Gasteiger partial charge in [-0.3, -0.25) is 9.36 Å². The number of aryl methyl sites for hydroxylation is 2. The molecule has 0 aliphatic carbocycles. The lowest BCUT2D eigenvalue weighted by Gasteiger charge is -2.12. The number of aromatic nitrogens is 4. The summed E-state index contributed by atoms with van der Waals surface area (Å²) in [7, 11) is -0.556. The van der Waals surface area contributed by atoms with Crippen molar-refractivity contribution in [3.63, 3.8) is 0 Å². The molecule has 4 rings (SSSR count). The Kier molecular flexibility index (Phi) is 5.40. The van der Waals surface area contributed by atoms with Crippen LogP contribution in [-0.2, 0) is 23.1 Å². The lowest BCUT2D eigenvalue weighted by atomic mass is 10.1. The number of para-hydroxylation sites is 1. The summed E-state index contributed by atoms with van der Waals surface area (Å²) in [5.41, 5.74) is 2.95. The molecule has 0 unspecified atom stereocenters. The molecule has 9 heteroatoms. The summed E-state index contributed by atoms with van der Waals surface area (Å²) < 4.78 is 29.8. The van der Waals surface area contributed by atoms with Crippen LogP contribution in [0.5, 0.6) is 0 Å². The third kappa shape index (κ3) is 3.64. The molecule has 2 aromatic heterocycles. The van der Waals surface area contributed by atoms with Crippen LogP contribution in [0.1, 0.15) is 24.7 Å². The molecule has 2 heterocycles. The van der Waals surface area contributed by atoms with E-state index in [1.54, 1.807) is 35.2 Å². The summed E-state index contributed by atoms with van der Waals surface area (Å²) in [5, 5.41) is 0.569. The van der Waals surface area contributed by atoms with E-state index in [0.717, 1.165) is 17.5 Å². The zero-order valence-electron chi connectivity index (χ0n) is 18.0.